The molecule has 0 aliphatic carbocycles. The van der Waals surface area contributed by atoms with E-state index in [4.69, 9.17) is 11.6 Å². The van der Waals surface area contributed by atoms with Gasteiger partial charge >= 0.3 is 0 Å². The van der Waals surface area contributed by atoms with Gasteiger partial charge in [-0.05, 0) is 42.2 Å². The van der Waals surface area contributed by atoms with Crippen molar-refractivity contribution >= 4 is 17.3 Å². The molecule has 100 valence electrons. The summed E-state index contributed by atoms with van der Waals surface area (Å²) in [4.78, 5) is 0. The third kappa shape index (κ3) is 3.74. The van der Waals surface area contributed by atoms with Crippen molar-refractivity contribution < 1.29 is 0 Å². The number of halogens is 1. The quantitative estimate of drug-likeness (QED) is 0.760. The van der Waals surface area contributed by atoms with Crippen molar-refractivity contribution in [1.29, 1.82) is 0 Å². The highest BCUT2D eigenvalue weighted by atomic mass is 35.5. The summed E-state index contributed by atoms with van der Waals surface area (Å²) >= 11 is 5.99. The summed E-state index contributed by atoms with van der Waals surface area (Å²) in [5.41, 5.74) is 3.70. The first-order chi connectivity index (χ1) is 9.06. The van der Waals surface area contributed by atoms with E-state index in [-0.39, 0.29) is 6.04 Å². The first-order valence-electron chi connectivity index (χ1n) is 6.68. The number of hydrogen-bond donors (Lipinski definition) is 1. The molecule has 0 fully saturated rings. The molecule has 0 saturated carbocycles. The zero-order chi connectivity index (χ0) is 13.8. The minimum absolute atomic E-state index is 0.264. The SMILES string of the molecule is CC(C)c1ccc(C(C)Nc2cccc(Cl)c2)cc1. The van der Waals surface area contributed by atoms with E-state index in [1.165, 1.54) is 11.1 Å². The highest BCUT2D eigenvalue weighted by Crippen LogP contribution is 2.23. The minimum atomic E-state index is 0.264. The lowest BCUT2D eigenvalue weighted by molar-refractivity contribution is 0.852. The summed E-state index contributed by atoms with van der Waals surface area (Å²) in [6.07, 6.45) is 0. The van der Waals surface area contributed by atoms with Gasteiger partial charge in [-0.15, -0.1) is 0 Å². The molecule has 0 spiro atoms. The molecule has 19 heavy (non-hydrogen) atoms. The molecule has 2 rings (SSSR count). The molecule has 0 saturated heterocycles. The standard InChI is InChI=1S/C17H20ClN/c1-12(2)14-7-9-15(10-8-14)13(3)19-17-6-4-5-16(18)11-17/h4-13,19H,1-3H3. The number of hydrogen-bond acceptors (Lipinski definition) is 1. The van der Waals surface area contributed by atoms with Crippen molar-refractivity contribution in [3.8, 4) is 0 Å². The van der Waals surface area contributed by atoms with Gasteiger partial charge < -0.3 is 5.32 Å². The van der Waals surface area contributed by atoms with E-state index in [1.807, 2.05) is 24.3 Å². The number of benzene rings is 2. The summed E-state index contributed by atoms with van der Waals surface area (Å²) in [7, 11) is 0. The van der Waals surface area contributed by atoms with Gasteiger partial charge in [0.25, 0.3) is 0 Å². The van der Waals surface area contributed by atoms with Crippen LogP contribution in [0.1, 0.15) is 43.9 Å². The minimum Gasteiger partial charge on any atom is -0.378 e. The second kappa shape index (κ2) is 6.12. The molecule has 0 radical (unpaired) electrons. The monoisotopic (exact) mass is 273 g/mol. The van der Waals surface area contributed by atoms with Crippen molar-refractivity contribution in [3.63, 3.8) is 0 Å². The molecule has 0 bridgehead atoms. The Hall–Kier alpha value is -1.47. The molecule has 1 nitrogen and oxygen atoms in total. The van der Waals surface area contributed by atoms with Crippen LogP contribution in [0.15, 0.2) is 48.5 Å². The Balaban J connectivity index is 2.09. The fourth-order valence-corrected chi connectivity index (χ4v) is 2.27. The van der Waals surface area contributed by atoms with Crippen LogP contribution in [0.3, 0.4) is 0 Å². The van der Waals surface area contributed by atoms with E-state index < -0.39 is 0 Å². The van der Waals surface area contributed by atoms with Gasteiger partial charge in [0, 0.05) is 16.8 Å². The van der Waals surface area contributed by atoms with E-state index in [0.29, 0.717) is 5.92 Å². The van der Waals surface area contributed by atoms with Crippen molar-refractivity contribution in [2.24, 2.45) is 0 Å². The smallest absolute Gasteiger partial charge is 0.0485 e. The number of rotatable bonds is 4. The number of nitrogens with one attached hydrogen (secondary N) is 1. The Morgan fingerprint density at radius 3 is 2.11 bits per heavy atom. The van der Waals surface area contributed by atoms with E-state index in [9.17, 15) is 0 Å². The highest BCUT2D eigenvalue weighted by molar-refractivity contribution is 6.30. The lowest BCUT2D eigenvalue weighted by Crippen LogP contribution is -2.06. The summed E-state index contributed by atoms with van der Waals surface area (Å²) in [6.45, 7) is 6.58. The van der Waals surface area contributed by atoms with Crippen LogP contribution >= 0.6 is 11.6 Å². The molecule has 0 aromatic heterocycles. The van der Waals surface area contributed by atoms with Crippen LogP contribution in [-0.2, 0) is 0 Å². The molecule has 2 aromatic rings. The molecule has 2 aromatic carbocycles. The molecule has 1 unspecified atom stereocenters. The average molecular weight is 274 g/mol. The zero-order valence-electron chi connectivity index (χ0n) is 11.7. The first kappa shape index (κ1) is 14.0. The van der Waals surface area contributed by atoms with E-state index in [2.05, 4.69) is 50.4 Å². The summed E-state index contributed by atoms with van der Waals surface area (Å²) in [5, 5.41) is 4.22. The first-order valence-corrected chi connectivity index (χ1v) is 7.06. The highest BCUT2D eigenvalue weighted by Gasteiger charge is 2.06. The third-order valence-corrected chi connectivity index (χ3v) is 3.55. The maximum absolute atomic E-state index is 5.99. The van der Waals surface area contributed by atoms with Gasteiger partial charge in [-0.3, -0.25) is 0 Å². The second-order valence-electron chi connectivity index (χ2n) is 5.20. The van der Waals surface area contributed by atoms with Crippen LogP contribution in [0.2, 0.25) is 5.02 Å². The Morgan fingerprint density at radius 2 is 1.53 bits per heavy atom. The number of anilines is 1. The second-order valence-corrected chi connectivity index (χ2v) is 5.63. The summed E-state index contributed by atoms with van der Waals surface area (Å²) < 4.78 is 0. The van der Waals surface area contributed by atoms with Crippen LogP contribution in [0.25, 0.3) is 0 Å². The molecule has 1 atom stereocenters. The van der Waals surface area contributed by atoms with E-state index in [1.54, 1.807) is 0 Å². The molecule has 0 aliphatic rings. The van der Waals surface area contributed by atoms with E-state index in [0.717, 1.165) is 10.7 Å². The van der Waals surface area contributed by atoms with Crippen LogP contribution < -0.4 is 5.32 Å². The lowest BCUT2D eigenvalue weighted by Gasteiger charge is -2.17. The third-order valence-electron chi connectivity index (χ3n) is 3.31. The molecule has 0 amide bonds. The molecule has 0 heterocycles. The van der Waals surface area contributed by atoms with Crippen molar-refractivity contribution in [3.05, 3.63) is 64.7 Å². The Bertz CT molecular complexity index is 531. The fraction of sp³-hybridized carbons (Fsp3) is 0.294. The molecule has 1 N–H and O–H groups in total. The maximum atomic E-state index is 5.99. The molecule has 0 aliphatic heterocycles. The normalized spacial score (nSPS) is 12.5. The van der Waals surface area contributed by atoms with Crippen LogP contribution in [0.5, 0.6) is 0 Å². The maximum Gasteiger partial charge on any atom is 0.0485 e. The van der Waals surface area contributed by atoms with Gasteiger partial charge in [-0.1, -0.05) is 55.8 Å². The van der Waals surface area contributed by atoms with Crippen molar-refractivity contribution in [1.82, 2.24) is 0 Å². The van der Waals surface area contributed by atoms with Crippen LogP contribution in [0.4, 0.5) is 5.69 Å². The largest absolute Gasteiger partial charge is 0.378 e. The Labute approximate surface area is 120 Å². The summed E-state index contributed by atoms with van der Waals surface area (Å²) in [5.74, 6) is 0.574. The topological polar surface area (TPSA) is 12.0 Å². The Kier molecular flexibility index (Phi) is 4.49. The summed E-state index contributed by atoms with van der Waals surface area (Å²) in [6, 6.07) is 16.9. The molecular weight excluding hydrogens is 254 g/mol. The molecular formula is C17H20ClN. The van der Waals surface area contributed by atoms with Crippen LogP contribution in [-0.4, -0.2) is 0 Å². The predicted molar refractivity (Wildman–Crippen MR) is 84.0 cm³/mol. The van der Waals surface area contributed by atoms with E-state index >= 15 is 0 Å². The van der Waals surface area contributed by atoms with Gasteiger partial charge in [0.05, 0.1) is 0 Å². The Morgan fingerprint density at radius 1 is 0.895 bits per heavy atom. The van der Waals surface area contributed by atoms with Gasteiger partial charge in [0.1, 0.15) is 0 Å². The van der Waals surface area contributed by atoms with Gasteiger partial charge in [0.2, 0.25) is 0 Å². The fourth-order valence-electron chi connectivity index (χ4n) is 2.08. The lowest BCUT2D eigenvalue weighted by atomic mass is 9.99. The van der Waals surface area contributed by atoms with Gasteiger partial charge in [0.15, 0.2) is 0 Å². The predicted octanol–water partition coefficient (Wildman–Crippen LogP) is 5.64. The average Bonchev–Trinajstić information content (AvgIpc) is 2.39. The van der Waals surface area contributed by atoms with Crippen molar-refractivity contribution in [2.45, 2.75) is 32.7 Å². The van der Waals surface area contributed by atoms with Crippen molar-refractivity contribution in [2.75, 3.05) is 5.32 Å². The van der Waals surface area contributed by atoms with Gasteiger partial charge in [-0.25, -0.2) is 0 Å². The molecule has 2 heteroatoms. The van der Waals surface area contributed by atoms with Gasteiger partial charge in [-0.2, -0.15) is 0 Å². The van der Waals surface area contributed by atoms with Crippen LogP contribution in [0, 0.1) is 0 Å². The zero-order valence-corrected chi connectivity index (χ0v) is 12.4.